The highest BCUT2D eigenvalue weighted by atomic mass is 32.2. The monoisotopic (exact) mass is 401 g/mol. The van der Waals surface area contributed by atoms with E-state index in [0.717, 1.165) is 27.9 Å². The van der Waals surface area contributed by atoms with Crippen LogP contribution in [0, 0.1) is 0 Å². The SMILES string of the molecule is CCS(=O)(=O)N(C)c1ccc(-c2c(N)c3ccc(OC)cc3n2C(C)C)cc1. The Hall–Kier alpha value is -2.67. The number of nitrogens with zero attached hydrogens (tertiary/aromatic N) is 2. The van der Waals surface area contributed by atoms with Gasteiger partial charge >= 0.3 is 0 Å². The quantitative estimate of drug-likeness (QED) is 0.669. The van der Waals surface area contributed by atoms with E-state index < -0.39 is 10.0 Å². The molecule has 1 aromatic heterocycles. The second-order valence-corrected chi connectivity index (χ2v) is 9.31. The number of fused-ring (bicyclic) bond motifs is 1. The summed E-state index contributed by atoms with van der Waals surface area (Å²) in [5.41, 5.74) is 10.7. The highest BCUT2D eigenvalue weighted by Gasteiger charge is 2.20. The molecule has 0 aliphatic rings. The molecule has 0 aliphatic heterocycles. The molecule has 3 aromatic rings. The topological polar surface area (TPSA) is 77.6 Å². The standard InChI is InChI=1S/C21H27N3O3S/c1-6-28(25,26)23(4)16-9-7-15(8-10-16)21-20(22)18-12-11-17(27-5)13-19(18)24(21)14(2)3/h7-14H,6,22H2,1-5H3. The number of aromatic nitrogens is 1. The molecule has 1 heterocycles. The Morgan fingerprint density at radius 2 is 1.79 bits per heavy atom. The van der Waals surface area contributed by atoms with Crippen LogP contribution in [0.2, 0.25) is 0 Å². The third-order valence-corrected chi connectivity index (χ3v) is 6.83. The minimum atomic E-state index is -3.30. The molecule has 2 aromatic carbocycles. The van der Waals surface area contributed by atoms with Crippen molar-refractivity contribution in [2.45, 2.75) is 26.8 Å². The van der Waals surface area contributed by atoms with Crippen LogP contribution in [-0.4, -0.2) is 32.9 Å². The predicted octanol–water partition coefficient (Wildman–Crippen LogP) is 4.27. The van der Waals surface area contributed by atoms with E-state index in [1.807, 2.05) is 42.5 Å². The summed E-state index contributed by atoms with van der Waals surface area (Å²) in [6, 6.07) is 13.5. The van der Waals surface area contributed by atoms with E-state index in [-0.39, 0.29) is 11.8 Å². The van der Waals surface area contributed by atoms with E-state index in [1.165, 1.54) is 4.31 Å². The average Bonchev–Trinajstić information content (AvgIpc) is 2.99. The minimum absolute atomic E-state index is 0.0572. The number of nitrogen functional groups attached to an aromatic ring is 1. The molecule has 28 heavy (non-hydrogen) atoms. The fourth-order valence-corrected chi connectivity index (χ4v) is 4.29. The maximum atomic E-state index is 12.1. The Bertz CT molecular complexity index is 1100. The molecular weight excluding hydrogens is 374 g/mol. The summed E-state index contributed by atoms with van der Waals surface area (Å²) in [5, 5.41) is 0.972. The molecule has 0 unspecified atom stereocenters. The number of hydrogen-bond donors (Lipinski definition) is 1. The van der Waals surface area contributed by atoms with Crippen molar-refractivity contribution in [1.82, 2.24) is 4.57 Å². The summed E-state index contributed by atoms with van der Waals surface area (Å²) in [6.45, 7) is 5.85. The Kier molecular flexibility index (Phi) is 5.30. The van der Waals surface area contributed by atoms with E-state index in [0.29, 0.717) is 11.4 Å². The Balaban J connectivity index is 2.16. The molecule has 0 atom stereocenters. The maximum Gasteiger partial charge on any atom is 0.234 e. The van der Waals surface area contributed by atoms with Crippen LogP contribution >= 0.6 is 0 Å². The van der Waals surface area contributed by atoms with Crippen molar-refractivity contribution in [3.8, 4) is 17.0 Å². The van der Waals surface area contributed by atoms with E-state index >= 15 is 0 Å². The molecule has 3 rings (SSSR count). The summed E-state index contributed by atoms with van der Waals surface area (Å²) in [7, 11) is -0.0816. The van der Waals surface area contributed by atoms with Crippen LogP contribution in [0.4, 0.5) is 11.4 Å². The zero-order chi connectivity index (χ0) is 20.6. The largest absolute Gasteiger partial charge is 0.497 e. The fourth-order valence-electron chi connectivity index (χ4n) is 3.46. The van der Waals surface area contributed by atoms with Gasteiger partial charge in [-0.05, 0) is 45.0 Å². The molecule has 0 amide bonds. The van der Waals surface area contributed by atoms with Crippen molar-refractivity contribution in [2.75, 3.05) is 29.9 Å². The first-order valence-electron chi connectivity index (χ1n) is 9.25. The molecule has 0 saturated heterocycles. The van der Waals surface area contributed by atoms with Crippen molar-refractivity contribution in [3.05, 3.63) is 42.5 Å². The first-order chi connectivity index (χ1) is 13.2. The van der Waals surface area contributed by atoms with Gasteiger partial charge in [0.1, 0.15) is 5.75 Å². The van der Waals surface area contributed by atoms with Gasteiger partial charge in [-0.2, -0.15) is 0 Å². The lowest BCUT2D eigenvalue weighted by molar-refractivity contribution is 0.415. The minimum Gasteiger partial charge on any atom is -0.497 e. The molecule has 7 heteroatoms. The van der Waals surface area contributed by atoms with Crippen LogP contribution in [0.15, 0.2) is 42.5 Å². The van der Waals surface area contributed by atoms with Gasteiger partial charge in [-0.3, -0.25) is 4.31 Å². The molecule has 0 radical (unpaired) electrons. The van der Waals surface area contributed by atoms with Gasteiger partial charge in [0.2, 0.25) is 10.0 Å². The Labute approximate surface area is 166 Å². The third-order valence-electron chi connectivity index (χ3n) is 5.05. The molecule has 2 N–H and O–H groups in total. The molecular formula is C21H27N3O3S. The number of benzene rings is 2. The van der Waals surface area contributed by atoms with Gasteiger partial charge in [-0.15, -0.1) is 0 Å². The van der Waals surface area contributed by atoms with Crippen LogP contribution in [0.5, 0.6) is 5.75 Å². The third kappa shape index (κ3) is 3.30. The normalized spacial score (nSPS) is 11.9. The number of methoxy groups -OCH3 is 1. The zero-order valence-electron chi connectivity index (χ0n) is 16.9. The molecule has 0 bridgehead atoms. The number of sulfonamides is 1. The molecule has 0 aliphatic carbocycles. The molecule has 6 nitrogen and oxygen atoms in total. The van der Waals surface area contributed by atoms with E-state index in [9.17, 15) is 8.42 Å². The molecule has 0 saturated carbocycles. The van der Waals surface area contributed by atoms with Crippen molar-refractivity contribution in [1.29, 1.82) is 0 Å². The van der Waals surface area contributed by atoms with Gasteiger partial charge in [-0.25, -0.2) is 8.42 Å². The second-order valence-electron chi connectivity index (χ2n) is 7.02. The molecule has 0 fully saturated rings. The van der Waals surface area contributed by atoms with Crippen LogP contribution < -0.4 is 14.8 Å². The number of nitrogens with two attached hydrogens (primary N) is 1. The van der Waals surface area contributed by atoms with Gasteiger partial charge < -0.3 is 15.0 Å². The summed E-state index contributed by atoms with van der Waals surface area (Å²) in [4.78, 5) is 0. The first-order valence-corrected chi connectivity index (χ1v) is 10.9. The van der Waals surface area contributed by atoms with E-state index in [2.05, 4.69) is 18.4 Å². The summed E-state index contributed by atoms with van der Waals surface area (Å²) in [6.07, 6.45) is 0. The van der Waals surface area contributed by atoms with Gasteiger partial charge in [0, 0.05) is 30.1 Å². The van der Waals surface area contributed by atoms with Crippen LogP contribution in [0.1, 0.15) is 26.8 Å². The average molecular weight is 402 g/mol. The summed E-state index contributed by atoms with van der Waals surface area (Å²) < 4.78 is 33.1. The molecule has 0 spiro atoms. The zero-order valence-corrected chi connectivity index (χ0v) is 17.7. The maximum absolute atomic E-state index is 12.1. The number of hydrogen-bond acceptors (Lipinski definition) is 4. The lowest BCUT2D eigenvalue weighted by Crippen LogP contribution is -2.27. The molecule has 150 valence electrons. The summed E-state index contributed by atoms with van der Waals surface area (Å²) >= 11 is 0. The lowest BCUT2D eigenvalue weighted by atomic mass is 10.1. The first kappa shape index (κ1) is 20.1. The lowest BCUT2D eigenvalue weighted by Gasteiger charge is -2.19. The van der Waals surface area contributed by atoms with Crippen molar-refractivity contribution < 1.29 is 13.2 Å². The Morgan fingerprint density at radius 3 is 2.32 bits per heavy atom. The number of ether oxygens (including phenoxy) is 1. The van der Waals surface area contributed by atoms with Crippen LogP contribution in [0.25, 0.3) is 22.2 Å². The van der Waals surface area contributed by atoms with Gasteiger partial charge in [-0.1, -0.05) is 12.1 Å². The van der Waals surface area contributed by atoms with Crippen LogP contribution in [-0.2, 0) is 10.0 Å². The Morgan fingerprint density at radius 1 is 1.14 bits per heavy atom. The van der Waals surface area contributed by atoms with Crippen molar-refractivity contribution in [2.24, 2.45) is 0 Å². The van der Waals surface area contributed by atoms with Crippen molar-refractivity contribution in [3.63, 3.8) is 0 Å². The second kappa shape index (κ2) is 7.39. The predicted molar refractivity (Wildman–Crippen MR) is 117 cm³/mol. The number of rotatable bonds is 6. The van der Waals surface area contributed by atoms with E-state index in [4.69, 9.17) is 10.5 Å². The fraction of sp³-hybridized carbons (Fsp3) is 0.333. The van der Waals surface area contributed by atoms with Crippen molar-refractivity contribution >= 4 is 32.3 Å². The number of anilines is 2. The van der Waals surface area contributed by atoms with Crippen LogP contribution in [0.3, 0.4) is 0 Å². The van der Waals surface area contributed by atoms with Gasteiger partial charge in [0.05, 0.1) is 35.4 Å². The van der Waals surface area contributed by atoms with Gasteiger partial charge in [0.25, 0.3) is 0 Å². The van der Waals surface area contributed by atoms with E-state index in [1.54, 1.807) is 21.1 Å². The highest BCUT2D eigenvalue weighted by Crippen LogP contribution is 2.40. The summed E-state index contributed by atoms with van der Waals surface area (Å²) in [5.74, 6) is 0.835. The highest BCUT2D eigenvalue weighted by molar-refractivity contribution is 7.92. The smallest absolute Gasteiger partial charge is 0.234 e. The van der Waals surface area contributed by atoms with Gasteiger partial charge in [0.15, 0.2) is 0 Å².